The number of hydrogen-bond donors (Lipinski definition) is 1. The number of phenolic OH excluding ortho intramolecular Hbond substituents is 1. The molecule has 5 heteroatoms. The number of hydrogen-bond acceptors (Lipinski definition) is 5. The molecule has 0 amide bonds. The maximum absolute atomic E-state index is 12.0. The summed E-state index contributed by atoms with van der Waals surface area (Å²) >= 11 is 1.87. The third kappa shape index (κ3) is 2.68. The molecule has 1 atom stereocenters. The van der Waals surface area contributed by atoms with Crippen molar-refractivity contribution in [1.29, 1.82) is 0 Å². The molecule has 1 saturated carbocycles. The Morgan fingerprint density at radius 2 is 2.12 bits per heavy atom. The smallest absolute Gasteiger partial charge is 0.336 e. The van der Waals surface area contributed by atoms with Gasteiger partial charge in [0.25, 0.3) is 0 Å². The Balaban J connectivity index is 1.55. The maximum atomic E-state index is 12.0. The predicted molar refractivity (Wildman–Crippen MR) is 98.0 cm³/mol. The molecule has 3 aromatic rings. The Labute approximate surface area is 149 Å². The van der Waals surface area contributed by atoms with Crippen LogP contribution in [0, 0.1) is 5.92 Å². The first-order valence-electron chi connectivity index (χ1n) is 8.75. The van der Waals surface area contributed by atoms with Gasteiger partial charge in [0.05, 0.1) is 0 Å². The van der Waals surface area contributed by atoms with Gasteiger partial charge in [-0.3, -0.25) is 4.90 Å². The lowest BCUT2D eigenvalue weighted by Crippen LogP contribution is -2.35. The summed E-state index contributed by atoms with van der Waals surface area (Å²) in [6.45, 7) is 1.76. The fraction of sp³-hybridized carbons (Fsp3) is 0.350. The molecule has 0 unspecified atom stereocenters. The summed E-state index contributed by atoms with van der Waals surface area (Å²) in [5.74, 6) is 0.855. The molecule has 0 saturated heterocycles. The molecule has 1 fully saturated rings. The number of thiophene rings is 1. The van der Waals surface area contributed by atoms with Crippen LogP contribution in [-0.4, -0.2) is 16.6 Å². The van der Waals surface area contributed by atoms with Crippen molar-refractivity contribution in [3.8, 4) is 5.75 Å². The number of nitrogens with zero attached hydrogens (tertiary/aromatic N) is 1. The van der Waals surface area contributed by atoms with E-state index in [9.17, 15) is 9.90 Å². The number of rotatable bonds is 3. The first kappa shape index (κ1) is 15.2. The van der Waals surface area contributed by atoms with Crippen LogP contribution in [0.2, 0.25) is 0 Å². The largest absolute Gasteiger partial charge is 0.508 e. The first-order chi connectivity index (χ1) is 12.2. The summed E-state index contributed by atoms with van der Waals surface area (Å²) in [6, 6.07) is 9.37. The Kier molecular flexibility index (Phi) is 3.47. The average molecular weight is 353 g/mol. The molecular formula is C20H19NO3S. The van der Waals surface area contributed by atoms with Crippen molar-refractivity contribution < 1.29 is 9.52 Å². The van der Waals surface area contributed by atoms with Gasteiger partial charge in [-0.05, 0) is 59.9 Å². The van der Waals surface area contributed by atoms with E-state index >= 15 is 0 Å². The van der Waals surface area contributed by atoms with Crippen LogP contribution in [-0.2, 0) is 13.0 Å². The zero-order valence-electron chi connectivity index (χ0n) is 13.8. The summed E-state index contributed by atoms with van der Waals surface area (Å²) < 4.78 is 5.27. The Morgan fingerprint density at radius 1 is 1.24 bits per heavy atom. The van der Waals surface area contributed by atoms with Crippen molar-refractivity contribution in [2.75, 3.05) is 6.54 Å². The molecule has 1 aromatic carbocycles. The van der Waals surface area contributed by atoms with E-state index in [0.29, 0.717) is 11.6 Å². The topological polar surface area (TPSA) is 53.7 Å². The Bertz CT molecular complexity index is 1000. The van der Waals surface area contributed by atoms with Gasteiger partial charge in [0.15, 0.2) is 0 Å². The zero-order chi connectivity index (χ0) is 17.0. The van der Waals surface area contributed by atoms with Crippen LogP contribution < -0.4 is 5.63 Å². The zero-order valence-corrected chi connectivity index (χ0v) is 14.6. The van der Waals surface area contributed by atoms with Crippen molar-refractivity contribution in [2.45, 2.75) is 31.8 Å². The third-order valence-electron chi connectivity index (χ3n) is 5.37. The second-order valence-electron chi connectivity index (χ2n) is 7.07. The Hall–Kier alpha value is -2.11. The van der Waals surface area contributed by atoms with E-state index in [-0.39, 0.29) is 11.4 Å². The molecule has 25 heavy (non-hydrogen) atoms. The number of aromatic hydroxyl groups is 1. The highest BCUT2D eigenvalue weighted by molar-refractivity contribution is 7.10. The van der Waals surface area contributed by atoms with Gasteiger partial charge < -0.3 is 9.52 Å². The molecule has 0 spiro atoms. The van der Waals surface area contributed by atoms with Crippen LogP contribution in [0.15, 0.2) is 44.9 Å². The minimum atomic E-state index is -0.357. The summed E-state index contributed by atoms with van der Waals surface area (Å²) in [7, 11) is 0. The van der Waals surface area contributed by atoms with Crippen molar-refractivity contribution in [2.24, 2.45) is 5.92 Å². The van der Waals surface area contributed by atoms with Gasteiger partial charge in [-0.1, -0.05) is 0 Å². The molecule has 0 bridgehead atoms. The minimum absolute atomic E-state index is 0.115. The fourth-order valence-corrected chi connectivity index (χ4v) is 5.02. The molecule has 128 valence electrons. The van der Waals surface area contributed by atoms with E-state index < -0.39 is 0 Å². The predicted octanol–water partition coefficient (Wildman–Crippen LogP) is 4.07. The Morgan fingerprint density at radius 3 is 2.96 bits per heavy atom. The molecule has 3 heterocycles. The van der Waals surface area contributed by atoms with Crippen LogP contribution in [0.5, 0.6) is 5.75 Å². The van der Waals surface area contributed by atoms with E-state index in [1.807, 2.05) is 17.4 Å². The molecule has 1 N–H and O–H groups in total. The average Bonchev–Trinajstić information content (AvgIpc) is 3.30. The van der Waals surface area contributed by atoms with Gasteiger partial charge in [-0.15, -0.1) is 11.3 Å². The second-order valence-corrected chi connectivity index (χ2v) is 8.07. The van der Waals surface area contributed by atoms with E-state index in [1.54, 1.807) is 12.1 Å². The highest BCUT2D eigenvalue weighted by Gasteiger charge is 2.39. The molecule has 2 aromatic heterocycles. The van der Waals surface area contributed by atoms with Gasteiger partial charge in [0, 0.05) is 41.5 Å². The number of phenols is 1. The van der Waals surface area contributed by atoms with Gasteiger partial charge in [-0.25, -0.2) is 4.79 Å². The third-order valence-corrected chi connectivity index (χ3v) is 6.37. The minimum Gasteiger partial charge on any atom is -0.508 e. The summed E-state index contributed by atoms with van der Waals surface area (Å²) in [5.41, 5.74) is 2.57. The summed E-state index contributed by atoms with van der Waals surface area (Å²) in [4.78, 5) is 16.0. The number of fused-ring (bicyclic) bond motifs is 2. The van der Waals surface area contributed by atoms with E-state index in [0.717, 1.165) is 36.4 Å². The lowest BCUT2D eigenvalue weighted by molar-refractivity contribution is 0.158. The van der Waals surface area contributed by atoms with E-state index in [1.165, 1.54) is 29.3 Å². The highest BCUT2D eigenvalue weighted by Crippen LogP contribution is 2.48. The van der Waals surface area contributed by atoms with Gasteiger partial charge >= 0.3 is 5.63 Å². The molecule has 2 aliphatic rings. The first-order valence-corrected chi connectivity index (χ1v) is 9.63. The summed E-state index contributed by atoms with van der Waals surface area (Å²) in [5, 5.41) is 12.8. The van der Waals surface area contributed by atoms with Gasteiger partial charge in [-0.2, -0.15) is 0 Å². The molecule has 0 radical (unpaired) electrons. The van der Waals surface area contributed by atoms with Crippen LogP contribution in [0.25, 0.3) is 11.0 Å². The van der Waals surface area contributed by atoms with Gasteiger partial charge in [0.1, 0.15) is 11.3 Å². The molecule has 4 nitrogen and oxygen atoms in total. The van der Waals surface area contributed by atoms with Crippen LogP contribution in [0.1, 0.15) is 34.9 Å². The lowest BCUT2D eigenvalue weighted by atomic mass is 9.95. The van der Waals surface area contributed by atoms with Gasteiger partial charge in [0.2, 0.25) is 0 Å². The second kappa shape index (κ2) is 5.71. The lowest BCUT2D eigenvalue weighted by Gasteiger charge is -2.36. The number of benzene rings is 1. The van der Waals surface area contributed by atoms with Crippen LogP contribution in [0.3, 0.4) is 0 Å². The van der Waals surface area contributed by atoms with Crippen LogP contribution in [0.4, 0.5) is 0 Å². The summed E-state index contributed by atoms with van der Waals surface area (Å²) in [6.07, 6.45) is 3.67. The highest BCUT2D eigenvalue weighted by atomic mass is 32.1. The monoisotopic (exact) mass is 353 g/mol. The molecule has 1 aliphatic carbocycles. The van der Waals surface area contributed by atoms with E-state index in [4.69, 9.17) is 4.42 Å². The maximum Gasteiger partial charge on any atom is 0.336 e. The van der Waals surface area contributed by atoms with Crippen molar-refractivity contribution in [3.05, 3.63) is 62.1 Å². The van der Waals surface area contributed by atoms with Crippen molar-refractivity contribution >= 4 is 22.3 Å². The van der Waals surface area contributed by atoms with Crippen molar-refractivity contribution in [1.82, 2.24) is 4.90 Å². The molecule has 5 rings (SSSR count). The van der Waals surface area contributed by atoms with E-state index in [2.05, 4.69) is 16.3 Å². The molecule has 1 aliphatic heterocycles. The van der Waals surface area contributed by atoms with Crippen molar-refractivity contribution in [3.63, 3.8) is 0 Å². The SMILES string of the molecule is O=c1cc(CN2CCc3sccc3[C@@H]2C2CC2)c2ccc(O)cc2o1. The molecular weight excluding hydrogens is 334 g/mol. The quantitative estimate of drug-likeness (QED) is 0.721. The fourth-order valence-electron chi connectivity index (χ4n) is 4.11. The van der Waals surface area contributed by atoms with Crippen LogP contribution >= 0.6 is 11.3 Å². The normalized spacial score (nSPS) is 20.7. The standard InChI is InChI=1S/C20H19NO3S/c22-14-3-4-15-13(9-19(23)24-17(15)10-14)11-21-7-5-18-16(6-8-25-18)20(21)12-1-2-12/h3-4,6,8-10,12,20,22H,1-2,5,7,11H2/t20-/m0/s1.